The monoisotopic (exact) mass is 308 g/mol. The van der Waals surface area contributed by atoms with Gasteiger partial charge in [0.05, 0.1) is 10.6 Å². The maximum Gasteiger partial charge on any atom is 0.491 e. The van der Waals surface area contributed by atoms with Crippen molar-refractivity contribution in [1.29, 1.82) is 0 Å². The van der Waals surface area contributed by atoms with Crippen molar-refractivity contribution >= 4 is 23.0 Å². The predicted molar refractivity (Wildman–Crippen MR) is 52.7 cm³/mol. The van der Waals surface area contributed by atoms with Gasteiger partial charge in [-0.3, -0.25) is 10.1 Å². The van der Waals surface area contributed by atoms with Crippen molar-refractivity contribution in [2.75, 3.05) is 4.90 Å². The van der Waals surface area contributed by atoms with Crippen molar-refractivity contribution in [2.24, 2.45) is 0 Å². The molecule has 0 unspecified atom stereocenters. The van der Waals surface area contributed by atoms with E-state index in [1.165, 1.54) is 0 Å². The molecule has 0 radical (unpaired) electrons. The third kappa shape index (κ3) is 3.40. The van der Waals surface area contributed by atoms with E-state index in [1.54, 1.807) is 0 Å². The number of halogens is 7. The van der Waals surface area contributed by atoms with Crippen molar-refractivity contribution < 1.29 is 31.3 Å². The summed E-state index contributed by atoms with van der Waals surface area (Å²) in [6, 6.07) is 1.07. The molecule has 0 bridgehead atoms. The van der Waals surface area contributed by atoms with Gasteiger partial charge < -0.3 is 0 Å². The van der Waals surface area contributed by atoms with Gasteiger partial charge in [0.2, 0.25) is 0 Å². The van der Waals surface area contributed by atoms with E-state index in [1.807, 2.05) is 0 Å². The van der Waals surface area contributed by atoms with Gasteiger partial charge in [-0.2, -0.15) is 4.90 Å². The molecule has 0 saturated heterocycles. The number of hydrogen-bond acceptors (Lipinski definition) is 3. The van der Waals surface area contributed by atoms with Crippen LogP contribution >= 0.6 is 11.6 Å². The number of benzene rings is 1. The van der Waals surface area contributed by atoms with Gasteiger partial charge in [-0.05, 0) is 12.1 Å². The van der Waals surface area contributed by atoms with Crippen LogP contribution in [0.4, 0.5) is 37.7 Å². The Balaban J connectivity index is 3.41. The highest BCUT2D eigenvalue weighted by Crippen LogP contribution is 2.40. The molecule has 0 atom stereocenters. The summed E-state index contributed by atoms with van der Waals surface area (Å²) in [5, 5.41) is 9.86. The molecular weight excluding hydrogens is 306 g/mol. The normalized spacial score (nSPS) is 12.4. The summed E-state index contributed by atoms with van der Waals surface area (Å²) < 4.78 is 74.0. The number of anilines is 1. The van der Waals surface area contributed by atoms with Crippen LogP contribution in [0.25, 0.3) is 0 Å². The molecule has 0 saturated carbocycles. The average Bonchev–Trinajstić information content (AvgIpc) is 2.16. The number of nitrogens with zero attached hydrogens (tertiary/aromatic N) is 2. The maximum atomic E-state index is 12.3. The first-order valence-electron chi connectivity index (χ1n) is 4.32. The first-order valence-corrected chi connectivity index (χ1v) is 4.70. The lowest BCUT2D eigenvalue weighted by molar-refractivity contribution is -0.384. The van der Waals surface area contributed by atoms with Gasteiger partial charge in [0.1, 0.15) is 5.02 Å². The standard InChI is InChI=1S/C8H3ClF6N2O2/c9-5-2-1-4(3-6(5)17(18)19)16(7(10,11)12)8(13,14)15/h1-3H. The van der Waals surface area contributed by atoms with Gasteiger partial charge in [0.25, 0.3) is 5.69 Å². The van der Waals surface area contributed by atoms with Crippen molar-refractivity contribution in [3.05, 3.63) is 33.3 Å². The Kier molecular flexibility index (Phi) is 3.84. The van der Waals surface area contributed by atoms with Gasteiger partial charge in [0, 0.05) is 6.07 Å². The largest absolute Gasteiger partial charge is 0.491 e. The fourth-order valence-corrected chi connectivity index (χ4v) is 1.40. The van der Waals surface area contributed by atoms with E-state index in [0.717, 1.165) is 0 Å². The lowest BCUT2D eigenvalue weighted by atomic mass is 10.2. The fraction of sp³-hybridized carbons (Fsp3) is 0.250. The van der Waals surface area contributed by atoms with Crippen molar-refractivity contribution in [3.63, 3.8) is 0 Å². The Morgan fingerprint density at radius 3 is 1.95 bits per heavy atom. The summed E-state index contributed by atoms with van der Waals surface area (Å²) in [5.74, 6) is 0. The lowest BCUT2D eigenvalue weighted by Gasteiger charge is -2.28. The van der Waals surface area contributed by atoms with Gasteiger partial charge in [-0.25, -0.2) is 0 Å². The molecule has 0 aliphatic carbocycles. The van der Waals surface area contributed by atoms with Crippen LogP contribution in [0.1, 0.15) is 0 Å². The van der Waals surface area contributed by atoms with E-state index >= 15 is 0 Å². The summed E-state index contributed by atoms with van der Waals surface area (Å²) >= 11 is 5.30. The smallest absolute Gasteiger partial charge is 0.258 e. The molecule has 11 heteroatoms. The Bertz CT molecular complexity index is 487. The lowest BCUT2D eigenvalue weighted by Crippen LogP contribution is -2.48. The zero-order chi connectivity index (χ0) is 15.0. The molecule has 19 heavy (non-hydrogen) atoms. The molecule has 0 aliphatic heterocycles. The Morgan fingerprint density at radius 1 is 1.11 bits per heavy atom. The first-order chi connectivity index (χ1) is 8.44. The minimum Gasteiger partial charge on any atom is -0.258 e. The van der Waals surface area contributed by atoms with Gasteiger partial charge in [0.15, 0.2) is 0 Å². The van der Waals surface area contributed by atoms with E-state index in [9.17, 15) is 36.5 Å². The molecule has 0 spiro atoms. The van der Waals surface area contributed by atoms with Crippen molar-refractivity contribution in [3.8, 4) is 0 Å². The molecule has 0 fully saturated rings. The zero-order valence-corrected chi connectivity index (χ0v) is 9.34. The van der Waals surface area contributed by atoms with Crippen LogP contribution in [-0.2, 0) is 0 Å². The highest BCUT2D eigenvalue weighted by atomic mass is 35.5. The molecule has 0 aromatic heterocycles. The Labute approximate surface area is 106 Å². The van der Waals surface area contributed by atoms with Crippen LogP contribution in [0.2, 0.25) is 5.02 Å². The molecule has 0 amide bonds. The molecular formula is C8H3ClF6N2O2. The summed E-state index contributed by atoms with van der Waals surface area (Å²) in [6.07, 6.45) is -11.6. The molecule has 1 aromatic rings. The SMILES string of the molecule is O=[N+]([O-])c1cc(N(C(F)(F)F)C(F)(F)F)ccc1Cl. The molecule has 106 valence electrons. The minimum atomic E-state index is -5.78. The average molecular weight is 309 g/mol. The molecule has 4 nitrogen and oxygen atoms in total. The summed E-state index contributed by atoms with van der Waals surface area (Å²) in [6.45, 7) is 0. The second kappa shape index (κ2) is 4.76. The van der Waals surface area contributed by atoms with Crippen LogP contribution in [0.5, 0.6) is 0 Å². The van der Waals surface area contributed by atoms with Gasteiger partial charge in [-0.1, -0.05) is 11.6 Å². The minimum absolute atomic E-state index is 0.101. The summed E-state index contributed by atoms with van der Waals surface area (Å²) in [4.78, 5) is 7.41. The summed E-state index contributed by atoms with van der Waals surface area (Å²) in [5.41, 5.74) is -2.51. The van der Waals surface area contributed by atoms with Crippen LogP contribution in [0.15, 0.2) is 18.2 Å². The van der Waals surface area contributed by atoms with Gasteiger partial charge >= 0.3 is 12.6 Å². The first kappa shape index (κ1) is 15.3. The van der Waals surface area contributed by atoms with E-state index in [0.29, 0.717) is 12.1 Å². The highest BCUT2D eigenvalue weighted by Gasteiger charge is 2.54. The van der Waals surface area contributed by atoms with Crippen molar-refractivity contribution in [2.45, 2.75) is 12.6 Å². The van der Waals surface area contributed by atoms with Crippen LogP contribution < -0.4 is 4.90 Å². The van der Waals surface area contributed by atoms with Crippen LogP contribution in [0.3, 0.4) is 0 Å². The third-order valence-electron chi connectivity index (χ3n) is 1.89. The quantitative estimate of drug-likeness (QED) is 0.358. The number of rotatable bonds is 2. The second-order valence-corrected chi connectivity index (χ2v) is 3.57. The fourth-order valence-electron chi connectivity index (χ4n) is 1.22. The molecule has 1 aromatic carbocycles. The number of nitro benzene ring substituents is 1. The van der Waals surface area contributed by atoms with E-state index in [2.05, 4.69) is 0 Å². The Morgan fingerprint density at radius 2 is 1.58 bits per heavy atom. The van der Waals surface area contributed by atoms with Crippen LogP contribution in [-0.4, -0.2) is 17.5 Å². The second-order valence-electron chi connectivity index (χ2n) is 3.16. The molecule has 0 heterocycles. The molecule has 0 aliphatic rings. The summed E-state index contributed by atoms with van der Waals surface area (Å²) in [7, 11) is 0. The number of hydrogen-bond donors (Lipinski definition) is 0. The maximum absolute atomic E-state index is 12.3. The number of alkyl halides is 6. The van der Waals surface area contributed by atoms with Crippen molar-refractivity contribution in [1.82, 2.24) is 0 Å². The zero-order valence-electron chi connectivity index (χ0n) is 8.59. The highest BCUT2D eigenvalue weighted by molar-refractivity contribution is 6.32. The predicted octanol–water partition coefficient (Wildman–Crippen LogP) is 4.09. The van der Waals surface area contributed by atoms with E-state index < -0.39 is 38.8 Å². The topological polar surface area (TPSA) is 46.4 Å². The number of nitro groups is 1. The Hall–Kier alpha value is -1.71. The molecule has 0 N–H and O–H groups in total. The third-order valence-corrected chi connectivity index (χ3v) is 2.21. The van der Waals surface area contributed by atoms with Crippen LogP contribution in [0, 0.1) is 10.1 Å². The van der Waals surface area contributed by atoms with E-state index in [-0.39, 0.29) is 6.07 Å². The molecule has 1 rings (SSSR count). The van der Waals surface area contributed by atoms with Gasteiger partial charge in [-0.15, -0.1) is 26.3 Å². The van der Waals surface area contributed by atoms with E-state index in [4.69, 9.17) is 11.6 Å².